The third kappa shape index (κ3) is 8.90. The van der Waals surface area contributed by atoms with Gasteiger partial charge in [0.05, 0.1) is 31.4 Å². The number of halogens is 2. The van der Waals surface area contributed by atoms with Crippen LogP contribution in [0.2, 0.25) is 5.02 Å². The molecule has 0 unspecified atom stereocenters. The van der Waals surface area contributed by atoms with Gasteiger partial charge < -0.3 is 24.3 Å². The Morgan fingerprint density at radius 2 is 1.83 bits per heavy atom. The molecule has 2 aromatic carbocycles. The Bertz CT molecular complexity index is 1410. The lowest BCUT2D eigenvalue weighted by molar-refractivity contribution is -0.155. The van der Waals surface area contributed by atoms with Crippen LogP contribution in [0.25, 0.3) is 10.9 Å². The largest absolute Gasteiger partial charge is 0.493 e. The van der Waals surface area contributed by atoms with Crippen molar-refractivity contribution in [3.8, 4) is 11.5 Å². The van der Waals surface area contributed by atoms with Crippen LogP contribution in [0, 0.1) is 5.82 Å². The second kappa shape index (κ2) is 14.5. The van der Waals surface area contributed by atoms with Crippen molar-refractivity contribution in [2.45, 2.75) is 65.1 Å². The van der Waals surface area contributed by atoms with Crippen LogP contribution in [-0.2, 0) is 25.6 Å². The molecular weight excluding hydrogens is 567 g/mol. The minimum absolute atomic E-state index is 0.0691. The van der Waals surface area contributed by atoms with Gasteiger partial charge in [0.2, 0.25) is 0 Å². The van der Waals surface area contributed by atoms with Gasteiger partial charge in [0.15, 0.2) is 11.5 Å². The smallest absolute Gasteiger partial charge is 0.322 e. The molecule has 1 heterocycles. The van der Waals surface area contributed by atoms with Gasteiger partial charge in [0.25, 0.3) is 0 Å². The predicted octanol–water partition coefficient (Wildman–Crippen LogP) is 6.06. The molecule has 10 nitrogen and oxygen atoms in total. The van der Waals surface area contributed by atoms with E-state index in [2.05, 4.69) is 15.3 Å². The zero-order chi connectivity index (χ0) is 31.0. The zero-order valence-electron chi connectivity index (χ0n) is 25.0. The fourth-order valence-electron chi connectivity index (χ4n) is 4.10. The first kappa shape index (κ1) is 32.8. The van der Waals surface area contributed by atoms with Crippen molar-refractivity contribution in [1.82, 2.24) is 14.9 Å². The molecule has 0 saturated carbocycles. The number of hydrogen-bond donors (Lipinski definition) is 1. The quantitative estimate of drug-likeness (QED) is 0.182. The molecule has 0 radical (unpaired) electrons. The summed E-state index contributed by atoms with van der Waals surface area (Å²) < 4.78 is 36.2. The van der Waals surface area contributed by atoms with E-state index in [9.17, 15) is 14.0 Å². The molecule has 0 amide bonds. The lowest BCUT2D eigenvalue weighted by Gasteiger charge is -2.24. The van der Waals surface area contributed by atoms with Crippen molar-refractivity contribution < 1.29 is 32.9 Å². The van der Waals surface area contributed by atoms with Crippen molar-refractivity contribution in [3.05, 3.63) is 47.0 Å². The highest BCUT2D eigenvalue weighted by atomic mass is 35.5. The number of ether oxygens (including phenoxy) is 4. The maximum atomic E-state index is 14.5. The first-order valence-corrected chi connectivity index (χ1v) is 13.9. The van der Waals surface area contributed by atoms with Gasteiger partial charge in [-0.25, -0.2) is 14.4 Å². The topological polar surface area (TPSA) is 112 Å². The SMILES string of the molecule is COC(=O)[C@H](C)N(C)Cc1cc(F)c(Cl)cc1Nc1ncnc2cc(OC)c(OCCCCC(=O)OC(C)(C)C)cc12. The molecule has 1 aromatic heterocycles. The number of carbonyl (C=O) groups excluding carboxylic acids is 2. The van der Waals surface area contributed by atoms with Crippen LogP contribution >= 0.6 is 11.6 Å². The Morgan fingerprint density at radius 1 is 1.10 bits per heavy atom. The first-order valence-electron chi connectivity index (χ1n) is 13.5. The van der Waals surface area contributed by atoms with E-state index in [-0.39, 0.29) is 17.5 Å². The Hall–Kier alpha value is -3.70. The number of benzene rings is 2. The number of aromatic nitrogens is 2. The molecule has 1 atom stereocenters. The molecule has 42 heavy (non-hydrogen) atoms. The van der Waals surface area contributed by atoms with Gasteiger partial charge >= 0.3 is 11.9 Å². The Balaban J connectivity index is 1.83. The highest BCUT2D eigenvalue weighted by molar-refractivity contribution is 6.31. The summed E-state index contributed by atoms with van der Waals surface area (Å²) >= 11 is 6.14. The highest BCUT2D eigenvalue weighted by Crippen LogP contribution is 2.36. The van der Waals surface area contributed by atoms with Crippen LogP contribution in [0.1, 0.15) is 52.5 Å². The van der Waals surface area contributed by atoms with E-state index in [0.29, 0.717) is 65.3 Å². The molecule has 3 aromatic rings. The summed E-state index contributed by atoms with van der Waals surface area (Å²) in [7, 11) is 4.59. The summed E-state index contributed by atoms with van der Waals surface area (Å²) in [4.78, 5) is 34.5. The molecule has 0 fully saturated rings. The number of nitrogens with one attached hydrogen (secondary N) is 1. The second-order valence-corrected chi connectivity index (χ2v) is 11.2. The van der Waals surface area contributed by atoms with Gasteiger partial charge in [-0.3, -0.25) is 14.5 Å². The summed E-state index contributed by atoms with van der Waals surface area (Å²) in [6, 6.07) is 5.74. The summed E-state index contributed by atoms with van der Waals surface area (Å²) in [5, 5.41) is 3.81. The van der Waals surface area contributed by atoms with Gasteiger partial charge in [-0.2, -0.15) is 0 Å². The van der Waals surface area contributed by atoms with E-state index in [0.717, 1.165) is 0 Å². The molecule has 0 aliphatic rings. The van der Waals surface area contributed by atoms with Gasteiger partial charge in [-0.05, 0) is 71.3 Å². The number of esters is 2. The van der Waals surface area contributed by atoms with Crippen LogP contribution < -0.4 is 14.8 Å². The minimum Gasteiger partial charge on any atom is -0.493 e. The molecule has 0 saturated heterocycles. The van der Waals surface area contributed by atoms with Crippen molar-refractivity contribution in [1.29, 1.82) is 0 Å². The van der Waals surface area contributed by atoms with E-state index in [1.807, 2.05) is 20.8 Å². The normalized spacial score (nSPS) is 12.2. The lowest BCUT2D eigenvalue weighted by Crippen LogP contribution is -2.36. The van der Waals surface area contributed by atoms with Crippen LogP contribution in [0.3, 0.4) is 0 Å². The monoisotopic (exact) mass is 604 g/mol. The lowest BCUT2D eigenvalue weighted by atomic mass is 10.1. The molecule has 0 spiro atoms. The number of fused-ring (bicyclic) bond motifs is 1. The number of methoxy groups -OCH3 is 2. The van der Waals surface area contributed by atoms with E-state index < -0.39 is 23.4 Å². The third-order valence-corrected chi connectivity index (χ3v) is 6.69. The number of rotatable bonds is 13. The number of carbonyl (C=O) groups is 2. The fourth-order valence-corrected chi connectivity index (χ4v) is 4.26. The standard InChI is InChI=1S/C30H38ClFN4O6/c1-18(29(38)40-7)36(5)16-19-12-22(32)21(31)14-23(19)35-28-20-13-26(25(39-6)15-24(20)33-17-34-28)41-11-9-8-10-27(37)42-30(2,3)4/h12-15,17-18H,8-11,16H2,1-7H3,(H,33,34,35)/t18-/m0/s1. The van der Waals surface area contributed by atoms with E-state index in [1.54, 1.807) is 31.0 Å². The molecular formula is C30H38ClFN4O6. The van der Waals surface area contributed by atoms with Crippen molar-refractivity contribution in [3.63, 3.8) is 0 Å². The predicted molar refractivity (Wildman–Crippen MR) is 159 cm³/mol. The second-order valence-electron chi connectivity index (χ2n) is 10.8. The molecule has 12 heteroatoms. The van der Waals surface area contributed by atoms with Gasteiger partial charge in [-0.15, -0.1) is 0 Å². The summed E-state index contributed by atoms with van der Waals surface area (Å²) in [5.41, 5.74) is 1.13. The molecule has 0 aliphatic heterocycles. The average Bonchev–Trinajstić information content (AvgIpc) is 2.93. The summed E-state index contributed by atoms with van der Waals surface area (Å²) in [6.07, 6.45) is 2.94. The maximum absolute atomic E-state index is 14.5. The molecule has 1 N–H and O–H groups in total. The van der Waals surface area contributed by atoms with Crippen molar-refractivity contribution in [2.24, 2.45) is 0 Å². The van der Waals surface area contributed by atoms with Crippen LogP contribution in [-0.4, -0.2) is 66.3 Å². The zero-order valence-corrected chi connectivity index (χ0v) is 25.8. The molecule has 0 aliphatic carbocycles. The number of hydrogen-bond acceptors (Lipinski definition) is 10. The van der Waals surface area contributed by atoms with Gasteiger partial charge in [0.1, 0.15) is 29.6 Å². The minimum atomic E-state index is -0.587. The van der Waals surface area contributed by atoms with E-state index in [4.69, 9.17) is 30.5 Å². The van der Waals surface area contributed by atoms with Gasteiger partial charge in [-0.1, -0.05) is 11.6 Å². The number of likely N-dealkylation sites (N-methyl/N-ethyl adjacent to an activating group) is 1. The van der Waals surface area contributed by atoms with E-state index >= 15 is 0 Å². The third-order valence-electron chi connectivity index (χ3n) is 6.40. The van der Waals surface area contributed by atoms with Crippen molar-refractivity contribution >= 4 is 45.9 Å². The summed E-state index contributed by atoms with van der Waals surface area (Å²) in [5.74, 6) is 0.160. The van der Waals surface area contributed by atoms with Crippen LogP contribution in [0.15, 0.2) is 30.6 Å². The number of unbranched alkanes of at least 4 members (excludes halogenated alkanes) is 1. The number of anilines is 2. The van der Waals surface area contributed by atoms with Gasteiger partial charge in [0, 0.05) is 30.1 Å². The highest BCUT2D eigenvalue weighted by Gasteiger charge is 2.21. The first-order chi connectivity index (χ1) is 19.8. The Labute approximate surface area is 250 Å². The molecule has 0 bridgehead atoms. The van der Waals surface area contributed by atoms with Crippen LogP contribution in [0.4, 0.5) is 15.9 Å². The Morgan fingerprint density at radius 3 is 2.50 bits per heavy atom. The summed E-state index contributed by atoms with van der Waals surface area (Å²) in [6.45, 7) is 7.79. The fraction of sp³-hybridized carbons (Fsp3) is 0.467. The Kier molecular flexibility index (Phi) is 11.3. The maximum Gasteiger partial charge on any atom is 0.322 e. The molecule has 3 rings (SSSR count). The number of nitrogens with zero attached hydrogens (tertiary/aromatic N) is 3. The van der Waals surface area contributed by atoms with E-state index in [1.165, 1.54) is 32.7 Å². The van der Waals surface area contributed by atoms with Crippen molar-refractivity contribution in [2.75, 3.05) is 33.2 Å². The average molecular weight is 605 g/mol. The van der Waals surface area contributed by atoms with Crippen LogP contribution in [0.5, 0.6) is 11.5 Å². The molecule has 228 valence electrons.